The fraction of sp³-hybridized carbons (Fsp3) is 0.625. The van der Waals surface area contributed by atoms with Crippen LogP contribution in [0.5, 0.6) is 0 Å². The lowest BCUT2D eigenvalue weighted by atomic mass is 10.0. The Kier molecular flexibility index (Phi) is 8.08. The Morgan fingerprint density at radius 1 is 1.11 bits per heavy atom. The van der Waals surface area contributed by atoms with Gasteiger partial charge < -0.3 is 5.11 Å². The van der Waals surface area contributed by atoms with Crippen LogP contribution in [0.1, 0.15) is 70.0 Å². The number of hydrogen-bond acceptors (Lipinski definition) is 1. The average Bonchev–Trinajstić information content (AvgIpc) is 2.37. The first-order valence-electron chi connectivity index (χ1n) is 7.28. The minimum atomic E-state index is -0.580. The van der Waals surface area contributed by atoms with E-state index in [9.17, 15) is 9.50 Å². The molecule has 0 aromatic heterocycles. The minimum absolute atomic E-state index is 0.315. The van der Waals surface area contributed by atoms with E-state index < -0.39 is 6.10 Å². The van der Waals surface area contributed by atoms with E-state index in [1.165, 1.54) is 44.2 Å². The summed E-state index contributed by atoms with van der Waals surface area (Å²) in [5.74, 6) is -0.364. The molecule has 108 valence electrons. The molecule has 1 aromatic carbocycles. The zero-order valence-corrected chi connectivity index (χ0v) is 12.4. The van der Waals surface area contributed by atoms with Gasteiger partial charge in [0.1, 0.15) is 5.82 Å². The summed E-state index contributed by atoms with van der Waals surface area (Å²) < 4.78 is 12.9. The van der Waals surface area contributed by atoms with Crippen LogP contribution in [0.25, 0.3) is 0 Å². The standard InChI is InChI=1S/C16H24ClFO/c1-2-3-4-5-6-7-8-9-16(19)14-11-10-13(18)12-15(14)17/h10-12,16,19H,2-9H2,1H3. The van der Waals surface area contributed by atoms with Crippen molar-refractivity contribution in [3.8, 4) is 0 Å². The van der Waals surface area contributed by atoms with Gasteiger partial charge in [-0.05, 0) is 24.1 Å². The zero-order valence-electron chi connectivity index (χ0n) is 11.7. The SMILES string of the molecule is CCCCCCCCCC(O)c1ccc(F)cc1Cl. The van der Waals surface area contributed by atoms with Gasteiger partial charge >= 0.3 is 0 Å². The van der Waals surface area contributed by atoms with E-state index in [0.717, 1.165) is 12.8 Å². The number of rotatable bonds is 9. The second-order valence-electron chi connectivity index (χ2n) is 5.09. The van der Waals surface area contributed by atoms with Crippen LogP contribution in [-0.2, 0) is 0 Å². The lowest BCUT2D eigenvalue weighted by Gasteiger charge is -2.12. The third-order valence-electron chi connectivity index (χ3n) is 3.40. The predicted octanol–water partition coefficient (Wildman–Crippen LogP) is 5.65. The molecule has 1 nitrogen and oxygen atoms in total. The van der Waals surface area contributed by atoms with E-state index >= 15 is 0 Å². The maximum atomic E-state index is 12.9. The van der Waals surface area contributed by atoms with Gasteiger partial charge in [0, 0.05) is 5.02 Å². The first-order chi connectivity index (χ1) is 9.15. The molecule has 1 atom stereocenters. The Labute approximate surface area is 120 Å². The molecule has 0 aliphatic carbocycles. The van der Waals surface area contributed by atoms with Crippen LogP contribution in [0.2, 0.25) is 5.02 Å². The van der Waals surface area contributed by atoms with Crippen molar-refractivity contribution in [2.24, 2.45) is 0 Å². The molecule has 0 aliphatic rings. The summed E-state index contributed by atoms with van der Waals surface area (Å²) in [6.45, 7) is 2.21. The topological polar surface area (TPSA) is 20.2 Å². The third kappa shape index (κ3) is 6.40. The van der Waals surface area contributed by atoms with E-state index in [2.05, 4.69) is 6.92 Å². The molecule has 0 saturated carbocycles. The molecule has 0 radical (unpaired) electrons. The summed E-state index contributed by atoms with van der Waals surface area (Å²) >= 11 is 5.92. The number of hydrogen-bond donors (Lipinski definition) is 1. The monoisotopic (exact) mass is 286 g/mol. The molecular weight excluding hydrogens is 263 g/mol. The van der Waals surface area contributed by atoms with Crippen molar-refractivity contribution in [3.63, 3.8) is 0 Å². The minimum Gasteiger partial charge on any atom is -0.388 e. The van der Waals surface area contributed by atoms with E-state index in [0.29, 0.717) is 17.0 Å². The Morgan fingerprint density at radius 2 is 1.74 bits per heavy atom. The molecule has 0 saturated heterocycles. The van der Waals surface area contributed by atoms with E-state index in [-0.39, 0.29) is 5.82 Å². The van der Waals surface area contributed by atoms with Gasteiger partial charge in [-0.25, -0.2) is 4.39 Å². The van der Waals surface area contributed by atoms with E-state index in [4.69, 9.17) is 11.6 Å². The van der Waals surface area contributed by atoms with E-state index in [1.807, 2.05) is 0 Å². The van der Waals surface area contributed by atoms with Crippen LogP contribution in [-0.4, -0.2) is 5.11 Å². The summed E-state index contributed by atoms with van der Waals surface area (Å²) in [5, 5.41) is 10.3. The Morgan fingerprint density at radius 3 is 2.37 bits per heavy atom. The number of unbranched alkanes of at least 4 members (excludes halogenated alkanes) is 6. The Bertz CT molecular complexity index is 368. The maximum Gasteiger partial charge on any atom is 0.124 e. The van der Waals surface area contributed by atoms with Crippen molar-refractivity contribution in [1.29, 1.82) is 0 Å². The highest BCUT2D eigenvalue weighted by molar-refractivity contribution is 6.31. The fourth-order valence-corrected chi connectivity index (χ4v) is 2.52. The molecule has 0 bridgehead atoms. The molecule has 0 amide bonds. The van der Waals surface area contributed by atoms with Crippen LogP contribution in [0.4, 0.5) is 4.39 Å². The van der Waals surface area contributed by atoms with Crippen molar-refractivity contribution in [1.82, 2.24) is 0 Å². The van der Waals surface area contributed by atoms with Gasteiger partial charge in [-0.2, -0.15) is 0 Å². The average molecular weight is 287 g/mol. The zero-order chi connectivity index (χ0) is 14.1. The number of aliphatic hydroxyl groups excluding tert-OH is 1. The van der Waals surface area contributed by atoms with Crippen LogP contribution in [0, 0.1) is 5.82 Å². The van der Waals surface area contributed by atoms with Crippen LogP contribution < -0.4 is 0 Å². The molecule has 0 heterocycles. The molecule has 1 N–H and O–H groups in total. The summed E-state index contributed by atoms with van der Waals surface area (Å²) in [6.07, 6.45) is 8.63. The quantitative estimate of drug-likeness (QED) is 0.581. The van der Waals surface area contributed by atoms with Crippen molar-refractivity contribution in [2.45, 2.75) is 64.4 Å². The lowest BCUT2D eigenvalue weighted by molar-refractivity contribution is 0.163. The van der Waals surface area contributed by atoms with Crippen LogP contribution in [0.3, 0.4) is 0 Å². The first kappa shape index (κ1) is 16.5. The highest BCUT2D eigenvalue weighted by Crippen LogP contribution is 2.27. The highest BCUT2D eigenvalue weighted by atomic mass is 35.5. The van der Waals surface area contributed by atoms with Gasteiger partial charge in [-0.3, -0.25) is 0 Å². The summed E-state index contributed by atoms with van der Waals surface area (Å²) in [5.41, 5.74) is 0.633. The Hall–Kier alpha value is -0.600. The summed E-state index contributed by atoms with van der Waals surface area (Å²) in [4.78, 5) is 0. The van der Waals surface area contributed by atoms with Crippen molar-refractivity contribution >= 4 is 11.6 Å². The summed E-state index contributed by atoms with van der Waals surface area (Å²) in [6, 6.07) is 4.17. The molecule has 0 fully saturated rings. The molecule has 19 heavy (non-hydrogen) atoms. The molecule has 1 aromatic rings. The fourth-order valence-electron chi connectivity index (χ4n) is 2.22. The number of aliphatic hydroxyl groups is 1. The molecule has 0 spiro atoms. The number of halogens is 2. The van der Waals surface area contributed by atoms with Gasteiger partial charge in [-0.1, -0.05) is 69.5 Å². The van der Waals surface area contributed by atoms with Gasteiger partial charge in [-0.15, -0.1) is 0 Å². The predicted molar refractivity (Wildman–Crippen MR) is 79.0 cm³/mol. The van der Waals surface area contributed by atoms with Gasteiger partial charge in [0.05, 0.1) is 6.10 Å². The third-order valence-corrected chi connectivity index (χ3v) is 3.73. The molecular formula is C16H24ClFO. The second kappa shape index (κ2) is 9.33. The van der Waals surface area contributed by atoms with Gasteiger partial charge in [0.2, 0.25) is 0 Å². The molecule has 3 heteroatoms. The number of benzene rings is 1. The smallest absolute Gasteiger partial charge is 0.124 e. The normalized spacial score (nSPS) is 12.6. The van der Waals surface area contributed by atoms with Crippen molar-refractivity contribution in [2.75, 3.05) is 0 Å². The second-order valence-corrected chi connectivity index (χ2v) is 5.50. The largest absolute Gasteiger partial charge is 0.388 e. The van der Waals surface area contributed by atoms with Crippen LogP contribution in [0.15, 0.2) is 18.2 Å². The summed E-state index contributed by atoms with van der Waals surface area (Å²) in [7, 11) is 0. The van der Waals surface area contributed by atoms with Crippen molar-refractivity contribution < 1.29 is 9.50 Å². The molecule has 1 rings (SSSR count). The lowest BCUT2D eigenvalue weighted by Crippen LogP contribution is -1.99. The molecule has 1 unspecified atom stereocenters. The van der Waals surface area contributed by atoms with Crippen molar-refractivity contribution in [3.05, 3.63) is 34.6 Å². The van der Waals surface area contributed by atoms with Crippen LogP contribution >= 0.6 is 11.6 Å². The Balaban J connectivity index is 2.22. The highest BCUT2D eigenvalue weighted by Gasteiger charge is 2.11. The van der Waals surface area contributed by atoms with Gasteiger partial charge in [0.15, 0.2) is 0 Å². The first-order valence-corrected chi connectivity index (χ1v) is 7.66. The molecule has 0 aliphatic heterocycles. The van der Waals surface area contributed by atoms with Gasteiger partial charge in [0.25, 0.3) is 0 Å². The maximum absolute atomic E-state index is 12.9. The van der Waals surface area contributed by atoms with E-state index in [1.54, 1.807) is 6.07 Å².